The molecule has 1 aromatic carbocycles. The quantitative estimate of drug-likeness (QED) is 0.213. The highest BCUT2D eigenvalue weighted by atomic mass is 35.5. The van der Waals surface area contributed by atoms with E-state index in [1.165, 1.54) is 0 Å². The fourth-order valence-electron chi connectivity index (χ4n) is 2.31. The molecular formula is C20H28ClF2NO3. The Morgan fingerprint density at radius 3 is 2.33 bits per heavy atom. The van der Waals surface area contributed by atoms with Gasteiger partial charge in [0, 0.05) is 12.1 Å². The molecule has 27 heavy (non-hydrogen) atoms. The topological polar surface area (TPSA) is 40.0 Å². The number of aryl methyl sites for hydroxylation is 1. The van der Waals surface area contributed by atoms with Gasteiger partial charge in [0.2, 0.25) is 0 Å². The molecule has 0 saturated heterocycles. The summed E-state index contributed by atoms with van der Waals surface area (Å²) >= 11 is 6.22. The average molecular weight is 404 g/mol. The van der Waals surface area contributed by atoms with E-state index in [1.807, 2.05) is 20.8 Å². The molecule has 4 nitrogen and oxygen atoms in total. The smallest absolute Gasteiger partial charge is 0.269 e. The first-order chi connectivity index (χ1) is 12.9. The van der Waals surface area contributed by atoms with Crippen LogP contribution in [0.4, 0.5) is 8.78 Å². The summed E-state index contributed by atoms with van der Waals surface area (Å²) in [5.74, 6) is 1.05. The SMILES string of the molecule is CC(C)=NOCCCCCCCOc1c(C)cc(OCC=C(F)F)cc1Cl. The molecule has 0 aliphatic carbocycles. The number of hydrogen-bond donors (Lipinski definition) is 0. The van der Waals surface area contributed by atoms with Crippen LogP contribution >= 0.6 is 11.6 Å². The number of oxime groups is 1. The van der Waals surface area contributed by atoms with Crippen LogP contribution in [0.2, 0.25) is 5.02 Å². The Morgan fingerprint density at radius 2 is 1.70 bits per heavy atom. The molecule has 0 aliphatic rings. The summed E-state index contributed by atoms with van der Waals surface area (Å²) < 4.78 is 35.0. The molecular weight excluding hydrogens is 376 g/mol. The van der Waals surface area contributed by atoms with Crippen molar-refractivity contribution < 1.29 is 23.1 Å². The first kappa shape index (κ1) is 23.2. The molecule has 0 amide bonds. The van der Waals surface area contributed by atoms with E-state index in [9.17, 15) is 8.78 Å². The third-order valence-corrected chi connectivity index (χ3v) is 3.84. The van der Waals surface area contributed by atoms with Crippen LogP contribution in [-0.4, -0.2) is 25.5 Å². The summed E-state index contributed by atoms with van der Waals surface area (Å²) in [5, 5.41) is 4.31. The minimum absolute atomic E-state index is 0.201. The summed E-state index contributed by atoms with van der Waals surface area (Å²) in [5.41, 5.74) is 1.73. The van der Waals surface area contributed by atoms with Gasteiger partial charge in [0.1, 0.15) is 24.7 Å². The van der Waals surface area contributed by atoms with E-state index in [-0.39, 0.29) is 6.61 Å². The summed E-state index contributed by atoms with van der Waals surface area (Å²) in [6.45, 7) is 6.68. The molecule has 0 N–H and O–H groups in total. The Kier molecular flexibility index (Phi) is 11.5. The summed E-state index contributed by atoms with van der Waals surface area (Å²) in [6.07, 6.45) is 4.13. The fraction of sp³-hybridized carbons (Fsp3) is 0.550. The molecule has 0 spiro atoms. The maximum absolute atomic E-state index is 12.0. The van der Waals surface area contributed by atoms with E-state index in [2.05, 4.69) is 5.16 Å². The first-order valence-electron chi connectivity index (χ1n) is 9.10. The maximum atomic E-state index is 12.0. The van der Waals surface area contributed by atoms with E-state index in [1.54, 1.807) is 12.1 Å². The third-order valence-electron chi connectivity index (χ3n) is 3.56. The second-order valence-electron chi connectivity index (χ2n) is 6.34. The molecule has 1 rings (SSSR count). The molecule has 0 aliphatic heterocycles. The lowest BCUT2D eigenvalue weighted by Crippen LogP contribution is -2.01. The number of rotatable bonds is 13. The first-order valence-corrected chi connectivity index (χ1v) is 9.48. The minimum atomic E-state index is -1.77. The second-order valence-corrected chi connectivity index (χ2v) is 6.75. The van der Waals surface area contributed by atoms with Crippen LogP contribution in [-0.2, 0) is 4.84 Å². The molecule has 1 aromatic rings. The van der Waals surface area contributed by atoms with Gasteiger partial charge in [-0.15, -0.1) is 0 Å². The van der Waals surface area contributed by atoms with Crippen LogP contribution in [0.15, 0.2) is 29.4 Å². The highest BCUT2D eigenvalue weighted by Gasteiger charge is 2.09. The fourth-order valence-corrected chi connectivity index (χ4v) is 2.63. The van der Waals surface area contributed by atoms with Crippen LogP contribution in [0, 0.1) is 6.92 Å². The Labute approximate surface area is 165 Å². The highest BCUT2D eigenvalue weighted by Crippen LogP contribution is 2.33. The minimum Gasteiger partial charge on any atom is -0.492 e. The van der Waals surface area contributed by atoms with Gasteiger partial charge in [-0.1, -0.05) is 29.6 Å². The van der Waals surface area contributed by atoms with Crippen molar-refractivity contribution in [1.82, 2.24) is 0 Å². The van der Waals surface area contributed by atoms with Crippen LogP contribution in [0.3, 0.4) is 0 Å². The van der Waals surface area contributed by atoms with Crippen molar-refractivity contribution in [2.24, 2.45) is 5.16 Å². The van der Waals surface area contributed by atoms with Gasteiger partial charge in [0.25, 0.3) is 6.08 Å². The van der Waals surface area contributed by atoms with Crippen molar-refractivity contribution in [3.63, 3.8) is 0 Å². The predicted molar refractivity (Wildman–Crippen MR) is 105 cm³/mol. The third kappa shape index (κ3) is 10.8. The summed E-state index contributed by atoms with van der Waals surface area (Å²) in [6, 6.07) is 3.31. The molecule has 152 valence electrons. The molecule has 0 atom stereocenters. The van der Waals surface area contributed by atoms with E-state index in [0.717, 1.165) is 43.4 Å². The van der Waals surface area contributed by atoms with Gasteiger partial charge in [0.05, 0.1) is 17.3 Å². The van der Waals surface area contributed by atoms with Crippen LogP contribution in [0.5, 0.6) is 11.5 Å². The monoisotopic (exact) mass is 403 g/mol. The second kappa shape index (κ2) is 13.4. The number of hydrogen-bond acceptors (Lipinski definition) is 4. The van der Waals surface area contributed by atoms with Gasteiger partial charge in [-0.25, -0.2) is 0 Å². The Hall–Kier alpha value is -1.82. The van der Waals surface area contributed by atoms with Crippen LogP contribution in [0.25, 0.3) is 0 Å². The number of unbranched alkanes of at least 4 members (excludes halogenated alkanes) is 4. The molecule has 0 aromatic heterocycles. The predicted octanol–water partition coefficient (Wildman–Crippen LogP) is 6.55. The highest BCUT2D eigenvalue weighted by molar-refractivity contribution is 6.32. The van der Waals surface area contributed by atoms with Gasteiger partial charge in [-0.05, 0) is 51.7 Å². The van der Waals surface area contributed by atoms with Crippen molar-refractivity contribution in [3.05, 3.63) is 34.9 Å². The van der Waals surface area contributed by atoms with Crippen LogP contribution in [0.1, 0.15) is 51.5 Å². The summed E-state index contributed by atoms with van der Waals surface area (Å²) in [4.78, 5) is 5.15. The molecule has 0 fully saturated rings. The normalized spacial score (nSPS) is 10.3. The maximum Gasteiger partial charge on any atom is 0.269 e. The van der Waals surface area contributed by atoms with Crippen LogP contribution < -0.4 is 9.47 Å². The van der Waals surface area contributed by atoms with Crippen molar-refractivity contribution in [1.29, 1.82) is 0 Å². The van der Waals surface area contributed by atoms with Crippen molar-refractivity contribution in [2.75, 3.05) is 19.8 Å². The Morgan fingerprint density at radius 1 is 1.04 bits per heavy atom. The van der Waals surface area contributed by atoms with Gasteiger partial charge in [-0.2, -0.15) is 8.78 Å². The van der Waals surface area contributed by atoms with E-state index in [0.29, 0.717) is 35.8 Å². The number of nitrogens with zero attached hydrogens (tertiary/aromatic N) is 1. The molecule has 0 heterocycles. The largest absolute Gasteiger partial charge is 0.492 e. The van der Waals surface area contributed by atoms with E-state index >= 15 is 0 Å². The molecule has 0 saturated carbocycles. The lowest BCUT2D eigenvalue weighted by molar-refractivity contribution is 0.139. The van der Waals surface area contributed by atoms with Crippen molar-refractivity contribution in [2.45, 2.75) is 52.9 Å². The van der Waals surface area contributed by atoms with Gasteiger partial charge in [-0.3, -0.25) is 0 Å². The van der Waals surface area contributed by atoms with Crippen molar-refractivity contribution in [3.8, 4) is 11.5 Å². The zero-order valence-corrected chi connectivity index (χ0v) is 17.0. The molecule has 0 bridgehead atoms. The Bertz CT molecular complexity index is 605. The Balaban J connectivity index is 2.24. The van der Waals surface area contributed by atoms with E-state index < -0.39 is 6.08 Å². The van der Waals surface area contributed by atoms with Gasteiger partial charge < -0.3 is 14.3 Å². The van der Waals surface area contributed by atoms with Crippen molar-refractivity contribution >= 4 is 17.3 Å². The van der Waals surface area contributed by atoms with Gasteiger partial charge >= 0.3 is 0 Å². The number of halogens is 3. The summed E-state index contributed by atoms with van der Waals surface area (Å²) in [7, 11) is 0. The number of ether oxygens (including phenoxy) is 2. The molecule has 0 radical (unpaired) electrons. The molecule has 7 heteroatoms. The lowest BCUT2D eigenvalue weighted by Gasteiger charge is -2.13. The zero-order chi connectivity index (χ0) is 20.1. The molecule has 0 unspecified atom stereocenters. The standard InChI is InChI=1S/C20H28ClF2NO3/c1-15(2)24-27-11-8-6-4-5-7-10-26-20-16(3)13-17(14-18(20)21)25-12-9-19(22)23/h9,13-14H,4-8,10-12H2,1-3H3. The average Bonchev–Trinajstić information content (AvgIpc) is 2.58. The number of benzene rings is 1. The van der Waals surface area contributed by atoms with Gasteiger partial charge in [0.15, 0.2) is 0 Å². The zero-order valence-electron chi connectivity index (χ0n) is 16.2. The van der Waals surface area contributed by atoms with E-state index in [4.69, 9.17) is 25.9 Å². The lowest BCUT2D eigenvalue weighted by atomic mass is 10.1.